The van der Waals surface area contributed by atoms with E-state index < -0.39 is 28.0 Å². The average Bonchev–Trinajstić information content (AvgIpc) is 2.81. The van der Waals surface area contributed by atoms with Crippen molar-refractivity contribution in [2.75, 3.05) is 19.8 Å². The number of hydrogen-bond acceptors (Lipinski definition) is 7. The number of benzene rings is 1. The van der Waals surface area contributed by atoms with Crippen molar-refractivity contribution in [3.8, 4) is 0 Å². The van der Waals surface area contributed by atoms with Crippen molar-refractivity contribution in [1.29, 1.82) is 0 Å². The number of sulfonamides is 1. The van der Waals surface area contributed by atoms with Crippen LogP contribution in [0.25, 0.3) is 0 Å². The van der Waals surface area contributed by atoms with Gasteiger partial charge < -0.3 is 31.1 Å². The predicted octanol–water partition coefficient (Wildman–Crippen LogP) is 1.83. The summed E-state index contributed by atoms with van der Waals surface area (Å²) >= 11 is 0. The molecule has 0 aliphatic carbocycles. The molecule has 12 heteroatoms. The molecule has 1 amide bonds. The SMILES string of the molecule is CCOC(C)OCC.Cc1ccc(S(=O)(=O)N[C@@H](CCCN=C(N)N)C(=O)N[C@H](C=O)CC(C)C)cc1. The van der Waals surface area contributed by atoms with Gasteiger partial charge in [-0.25, -0.2) is 8.42 Å². The Hall–Kier alpha value is -2.54. The largest absolute Gasteiger partial charge is 0.370 e. The second-order valence-corrected chi connectivity index (χ2v) is 10.5. The number of ether oxygens (including phenoxy) is 2. The molecule has 0 aliphatic heterocycles. The highest BCUT2D eigenvalue weighted by Crippen LogP contribution is 2.13. The molecule has 0 unspecified atom stereocenters. The summed E-state index contributed by atoms with van der Waals surface area (Å²) in [6.45, 7) is 13.2. The van der Waals surface area contributed by atoms with E-state index in [1.165, 1.54) is 12.1 Å². The summed E-state index contributed by atoms with van der Waals surface area (Å²) in [4.78, 5) is 27.9. The summed E-state index contributed by atoms with van der Waals surface area (Å²) < 4.78 is 38.0. The van der Waals surface area contributed by atoms with E-state index in [-0.39, 0.29) is 36.0 Å². The van der Waals surface area contributed by atoms with Crippen LogP contribution in [0, 0.1) is 12.8 Å². The van der Waals surface area contributed by atoms with Crippen LogP contribution in [0.15, 0.2) is 34.2 Å². The van der Waals surface area contributed by atoms with Crippen LogP contribution in [0.3, 0.4) is 0 Å². The molecule has 212 valence electrons. The van der Waals surface area contributed by atoms with Gasteiger partial charge in [0.1, 0.15) is 12.3 Å². The predicted molar refractivity (Wildman–Crippen MR) is 145 cm³/mol. The lowest BCUT2D eigenvalue weighted by molar-refractivity contribution is -0.125. The van der Waals surface area contributed by atoms with Crippen molar-refractivity contribution in [3.63, 3.8) is 0 Å². The number of guanidine groups is 1. The van der Waals surface area contributed by atoms with Crippen molar-refractivity contribution in [3.05, 3.63) is 29.8 Å². The van der Waals surface area contributed by atoms with E-state index in [1.54, 1.807) is 12.1 Å². The number of rotatable bonds is 16. The van der Waals surface area contributed by atoms with Crippen LogP contribution in [-0.4, -0.2) is 64.7 Å². The van der Waals surface area contributed by atoms with Gasteiger partial charge in [0.05, 0.1) is 10.9 Å². The molecule has 0 bridgehead atoms. The number of nitrogens with zero attached hydrogens (tertiary/aromatic N) is 1. The normalized spacial score (nSPS) is 12.9. The van der Waals surface area contributed by atoms with Gasteiger partial charge in [-0.2, -0.15) is 4.72 Å². The zero-order valence-electron chi connectivity index (χ0n) is 22.9. The molecule has 0 saturated carbocycles. The Bertz CT molecular complexity index is 912. The van der Waals surface area contributed by atoms with Crippen molar-refractivity contribution in [1.82, 2.24) is 10.0 Å². The quantitative estimate of drug-likeness (QED) is 0.0802. The van der Waals surface area contributed by atoms with Crippen LogP contribution in [0.4, 0.5) is 0 Å². The van der Waals surface area contributed by atoms with Crippen LogP contribution < -0.4 is 21.5 Å². The minimum atomic E-state index is -3.92. The van der Waals surface area contributed by atoms with E-state index >= 15 is 0 Å². The van der Waals surface area contributed by atoms with Gasteiger partial charge in [0.15, 0.2) is 12.2 Å². The highest BCUT2D eigenvalue weighted by molar-refractivity contribution is 7.89. The van der Waals surface area contributed by atoms with Gasteiger partial charge in [-0.15, -0.1) is 0 Å². The number of carbonyl (C=O) groups excluding carboxylic acids is 2. The maximum absolute atomic E-state index is 12.7. The lowest BCUT2D eigenvalue weighted by Crippen LogP contribution is -2.50. The Labute approximate surface area is 221 Å². The van der Waals surface area contributed by atoms with Crippen molar-refractivity contribution in [2.24, 2.45) is 22.4 Å². The lowest BCUT2D eigenvalue weighted by Gasteiger charge is -2.21. The molecule has 0 aromatic heterocycles. The van der Waals surface area contributed by atoms with Gasteiger partial charge in [-0.05, 0) is 65.0 Å². The standard InChI is InChI=1S/C19H31N5O4S.C6H14O2/c1-13(2)11-15(12-25)23-18(26)17(5-4-10-22-19(20)21)24-29(27,28)16-8-6-14(3)7-9-16;1-4-7-6(3)8-5-2/h6-9,12-13,15,17,24H,4-5,10-11H2,1-3H3,(H,23,26)(H4,20,21,22);6H,4-5H2,1-3H3/t15-,17-;/m0./s1. The van der Waals surface area contributed by atoms with Gasteiger partial charge in [0.2, 0.25) is 15.9 Å². The third kappa shape index (κ3) is 16.0. The Morgan fingerprint density at radius 3 is 2.11 bits per heavy atom. The average molecular weight is 544 g/mol. The van der Waals surface area contributed by atoms with E-state index in [1.807, 2.05) is 41.5 Å². The maximum atomic E-state index is 12.7. The fraction of sp³-hybridized carbons (Fsp3) is 0.640. The number of amides is 1. The molecule has 6 N–H and O–H groups in total. The Morgan fingerprint density at radius 1 is 1.08 bits per heavy atom. The second-order valence-electron chi connectivity index (χ2n) is 8.79. The summed E-state index contributed by atoms with van der Waals surface area (Å²) in [6, 6.07) is 4.54. The summed E-state index contributed by atoms with van der Waals surface area (Å²) in [7, 11) is -3.92. The Morgan fingerprint density at radius 2 is 1.65 bits per heavy atom. The van der Waals surface area contributed by atoms with Gasteiger partial charge in [-0.3, -0.25) is 9.79 Å². The molecule has 11 nitrogen and oxygen atoms in total. The van der Waals surface area contributed by atoms with Crippen molar-refractivity contribution < 1.29 is 27.5 Å². The number of carbonyl (C=O) groups is 2. The molecular weight excluding hydrogens is 498 g/mol. The highest BCUT2D eigenvalue weighted by Gasteiger charge is 2.27. The zero-order chi connectivity index (χ0) is 28.4. The number of aryl methyl sites for hydroxylation is 1. The van der Waals surface area contributed by atoms with E-state index in [0.717, 1.165) is 18.8 Å². The third-order valence-corrected chi connectivity index (χ3v) is 6.40. The zero-order valence-corrected chi connectivity index (χ0v) is 23.7. The molecule has 2 atom stereocenters. The molecule has 0 radical (unpaired) electrons. The molecule has 37 heavy (non-hydrogen) atoms. The molecule has 0 fully saturated rings. The number of aliphatic imine (C=N–C) groups is 1. The van der Waals surface area contributed by atoms with Crippen LogP contribution in [0.1, 0.15) is 59.4 Å². The fourth-order valence-corrected chi connectivity index (χ4v) is 4.41. The van der Waals surface area contributed by atoms with E-state index in [0.29, 0.717) is 19.1 Å². The van der Waals surface area contributed by atoms with Crippen molar-refractivity contribution >= 4 is 28.2 Å². The van der Waals surface area contributed by atoms with Crippen LogP contribution in [0.5, 0.6) is 0 Å². The van der Waals surface area contributed by atoms with E-state index in [9.17, 15) is 18.0 Å². The molecule has 1 rings (SSSR count). The molecule has 0 spiro atoms. The summed E-state index contributed by atoms with van der Waals surface area (Å²) in [6.07, 6.45) is 1.62. The van der Waals surface area contributed by atoms with Gasteiger partial charge >= 0.3 is 0 Å². The number of hydrogen-bond donors (Lipinski definition) is 4. The topological polar surface area (TPSA) is 175 Å². The van der Waals surface area contributed by atoms with Gasteiger partial charge in [0, 0.05) is 19.8 Å². The molecule has 0 saturated heterocycles. The first kappa shape index (κ1) is 34.5. The highest BCUT2D eigenvalue weighted by atomic mass is 32.2. The van der Waals surface area contributed by atoms with Gasteiger partial charge in [-0.1, -0.05) is 31.5 Å². The molecule has 0 aliphatic rings. The molecule has 1 aromatic rings. The smallest absolute Gasteiger partial charge is 0.241 e. The second kappa shape index (κ2) is 18.7. The Balaban J connectivity index is 0.00000139. The molecule has 1 aromatic carbocycles. The summed E-state index contributed by atoms with van der Waals surface area (Å²) in [5, 5.41) is 2.61. The maximum Gasteiger partial charge on any atom is 0.241 e. The Kier molecular flexibility index (Phi) is 17.4. The first-order valence-corrected chi connectivity index (χ1v) is 14.0. The van der Waals surface area contributed by atoms with E-state index in [4.69, 9.17) is 20.9 Å². The monoisotopic (exact) mass is 543 g/mol. The lowest BCUT2D eigenvalue weighted by atomic mass is 10.0. The van der Waals surface area contributed by atoms with Crippen molar-refractivity contribution in [2.45, 2.75) is 84.1 Å². The van der Waals surface area contributed by atoms with Crippen LogP contribution in [0.2, 0.25) is 0 Å². The first-order chi connectivity index (χ1) is 17.4. The number of aldehydes is 1. The summed E-state index contributed by atoms with van der Waals surface area (Å²) in [5.41, 5.74) is 11.5. The van der Waals surface area contributed by atoms with Crippen LogP contribution in [-0.2, 0) is 29.1 Å². The number of nitrogens with one attached hydrogen (secondary N) is 2. The fourth-order valence-electron chi connectivity index (χ4n) is 3.18. The third-order valence-electron chi connectivity index (χ3n) is 4.91. The molecule has 0 heterocycles. The minimum absolute atomic E-state index is 0.0370. The minimum Gasteiger partial charge on any atom is -0.370 e. The number of nitrogens with two attached hydrogens (primary N) is 2. The molecular formula is C25H45N5O6S. The van der Waals surface area contributed by atoms with E-state index in [2.05, 4.69) is 15.0 Å². The van der Waals surface area contributed by atoms with Gasteiger partial charge in [0.25, 0.3) is 0 Å². The van der Waals surface area contributed by atoms with Crippen LogP contribution >= 0.6 is 0 Å². The summed E-state index contributed by atoms with van der Waals surface area (Å²) in [5.74, 6) is -0.456. The first-order valence-electron chi connectivity index (χ1n) is 12.5.